The quantitative estimate of drug-likeness (QED) is 0.594. The summed E-state index contributed by atoms with van der Waals surface area (Å²) in [5, 5.41) is 0. The first-order valence-electron chi connectivity index (χ1n) is 6.62. The highest BCUT2D eigenvalue weighted by atomic mass is 15.2. The van der Waals surface area contributed by atoms with Crippen LogP contribution < -0.4 is 9.80 Å². The van der Waals surface area contributed by atoms with E-state index in [1.54, 1.807) is 6.33 Å². The lowest BCUT2D eigenvalue weighted by Crippen LogP contribution is -3.14. The number of hydrogen-bond donors (Lipinski definition) is 2. The predicted molar refractivity (Wildman–Crippen MR) is 67.3 cm³/mol. The minimum atomic E-state index is 0.327. The summed E-state index contributed by atoms with van der Waals surface area (Å²) in [6.07, 6.45) is 7.47. The van der Waals surface area contributed by atoms with Crippen LogP contribution in [-0.4, -0.2) is 23.1 Å². The summed E-state index contributed by atoms with van der Waals surface area (Å²) in [7, 11) is 8.50. The zero-order valence-electron chi connectivity index (χ0n) is 10.5. The van der Waals surface area contributed by atoms with Gasteiger partial charge in [-0.25, -0.2) is 9.97 Å². The summed E-state index contributed by atoms with van der Waals surface area (Å²) >= 11 is 0. The number of hydrogen-bond acceptors (Lipinski definition) is 2. The van der Waals surface area contributed by atoms with Crippen LogP contribution >= 0.6 is 0 Å². The molecule has 4 nitrogen and oxygen atoms in total. The third kappa shape index (κ3) is 1.17. The summed E-state index contributed by atoms with van der Waals surface area (Å²) in [5.74, 6) is 0. The molecule has 1 saturated carbocycles. The number of nitrogens with one attached hydrogen (secondary N) is 2. The van der Waals surface area contributed by atoms with Crippen molar-refractivity contribution in [3.8, 4) is 0 Å². The Morgan fingerprint density at radius 2 is 2.11 bits per heavy atom. The van der Waals surface area contributed by atoms with Crippen molar-refractivity contribution >= 4 is 11.3 Å². The van der Waals surface area contributed by atoms with Gasteiger partial charge in [-0.3, -0.25) is 0 Å². The van der Waals surface area contributed by atoms with Crippen LogP contribution in [0.15, 0.2) is 18.2 Å². The first-order valence-corrected chi connectivity index (χ1v) is 6.62. The van der Waals surface area contributed by atoms with E-state index in [0.29, 0.717) is 5.41 Å². The molecule has 1 fully saturated rings. The van der Waals surface area contributed by atoms with E-state index in [0.717, 1.165) is 29.4 Å². The van der Waals surface area contributed by atoms with E-state index in [9.17, 15) is 0 Å². The van der Waals surface area contributed by atoms with Gasteiger partial charge in [0.1, 0.15) is 24.3 Å². The number of rotatable bonds is 0. The molecule has 0 amide bonds. The molecule has 1 aromatic rings. The SMILES string of the molecule is [CH2-][NH+]1CC2=C(c3ncncc3[NH+]2[CH2-])C2(CCC2)C1. The first kappa shape index (κ1) is 10.6. The normalized spacial score (nSPS) is 32.1. The average Bonchev–Trinajstić information content (AvgIpc) is 2.61. The van der Waals surface area contributed by atoms with Crippen molar-refractivity contribution in [1.82, 2.24) is 9.97 Å². The van der Waals surface area contributed by atoms with Crippen LogP contribution in [0.3, 0.4) is 0 Å². The summed E-state index contributed by atoms with van der Waals surface area (Å²) in [5.41, 5.74) is 5.48. The zero-order chi connectivity index (χ0) is 12.3. The van der Waals surface area contributed by atoms with E-state index in [4.69, 9.17) is 0 Å². The Morgan fingerprint density at radius 3 is 2.83 bits per heavy atom. The molecule has 0 aromatic carbocycles. The van der Waals surface area contributed by atoms with Crippen LogP contribution in [-0.2, 0) is 0 Å². The summed E-state index contributed by atoms with van der Waals surface area (Å²) < 4.78 is 0. The van der Waals surface area contributed by atoms with Gasteiger partial charge in [0.15, 0.2) is 5.69 Å². The second kappa shape index (κ2) is 3.39. The van der Waals surface area contributed by atoms with E-state index >= 15 is 0 Å². The molecule has 0 saturated heterocycles. The van der Waals surface area contributed by atoms with Gasteiger partial charge in [0.05, 0.1) is 23.7 Å². The molecule has 2 aliphatic heterocycles. The lowest BCUT2D eigenvalue weighted by Gasteiger charge is -2.48. The van der Waals surface area contributed by atoms with Gasteiger partial charge in [-0.05, 0) is 12.8 Å². The van der Waals surface area contributed by atoms with E-state index in [-0.39, 0.29) is 0 Å². The smallest absolute Gasteiger partial charge is 0.154 e. The fraction of sp³-hybridized carbons (Fsp3) is 0.429. The van der Waals surface area contributed by atoms with Crippen molar-refractivity contribution in [3.63, 3.8) is 0 Å². The van der Waals surface area contributed by atoms with E-state index in [1.165, 1.54) is 35.4 Å². The molecule has 94 valence electrons. The van der Waals surface area contributed by atoms with Crippen LogP contribution in [0.25, 0.3) is 5.57 Å². The maximum absolute atomic E-state index is 4.54. The van der Waals surface area contributed by atoms with Gasteiger partial charge in [-0.2, -0.15) is 7.05 Å². The van der Waals surface area contributed by atoms with Crippen molar-refractivity contribution in [2.45, 2.75) is 19.3 Å². The summed E-state index contributed by atoms with van der Waals surface area (Å²) in [4.78, 5) is 11.2. The Balaban J connectivity index is 1.93. The van der Waals surface area contributed by atoms with E-state index < -0.39 is 0 Å². The van der Waals surface area contributed by atoms with Crippen molar-refractivity contribution < 1.29 is 9.80 Å². The van der Waals surface area contributed by atoms with Crippen LogP contribution in [0.2, 0.25) is 0 Å². The lowest BCUT2D eigenvalue weighted by molar-refractivity contribution is -0.879. The maximum atomic E-state index is 4.54. The molecule has 18 heavy (non-hydrogen) atoms. The predicted octanol–water partition coefficient (Wildman–Crippen LogP) is -0.630. The molecule has 4 rings (SSSR count). The number of aromatic nitrogens is 2. The van der Waals surface area contributed by atoms with Gasteiger partial charge >= 0.3 is 0 Å². The average molecular weight is 242 g/mol. The molecule has 2 unspecified atom stereocenters. The van der Waals surface area contributed by atoms with Crippen molar-refractivity contribution in [1.29, 1.82) is 0 Å². The second-order valence-electron chi connectivity index (χ2n) is 5.85. The number of nitrogens with zero attached hydrogens (tertiary/aromatic N) is 2. The topological polar surface area (TPSA) is 34.7 Å². The van der Waals surface area contributed by atoms with Gasteiger partial charge in [0.25, 0.3) is 0 Å². The minimum Gasteiger partial charge on any atom is -0.459 e. The molecule has 1 aromatic heterocycles. The maximum Gasteiger partial charge on any atom is 0.154 e. The highest BCUT2D eigenvalue weighted by Gasteiger charge is 2.52. The molecule has 1 spiro atoms. The third-order valence-electron chi connectivity index (χ3n) is 4.80. The molecule has 2 N–H and O–H groups in total. The Hall–Kier alpha value is -1.26. The van der Waals surface area contributed by atoms with Crippen LogP contribution in [0, 0.1) is 19.5 Å². The van der Waals surface area contributed by atoms with Crippen LogP contribution in [0.4, 0.5) is 5.69 Å². The second-order valence-corrected chi connectivity index (χ2v) is 5.85. The molecule has 3 aliphatic rings. The monoisotopic (exact) mass is 242 g/mol. The van der Waals surface area contributed by atoms with Crippen molar-refractivity contribution in [2.24, 2.45) is 5.41 Å². The van der Waals surface area contributed by atoms with Crippen LogP contribution in [0.1, 0.15) is 25.0 Å². The number of quaternary nitrogens is 2. The fourth-order valence-electron chi connectivity index (χ4n) is 3.88. The molecular weight excluding hydrogens is 224 g/mol. The molecule has 0 radical (unpaired) electrons. The van der Waals surface area contributed by atoms with Gasteiger partial charge in [0, 0.05) is 0 Å². The third-order valence-corrected chi connectivity index (χ3v) is 4.80. The molecule has 3 heterocycles. The molecule has 4 heteroatoms. The highest BCUT2D eigenvalue weighted by molar-refractivity contribution is 5.79. The van der Waals surface area contributed by atoms with Gasteiger partial charge in [-0.1, -0.05) is 6.42 Å². The number of fused-ring (bicyclic) bond motifs is 3. The lowest BCUT2D eigenvalue weighted by atomic mass is 9.61. The van der Waals surface area contributed by atoms with E-state index in [1.807, 2.05) is 6.20 Å². The minimum absolute atomic E-state index is 0.327. The summed E-state index contributed by atoms with van der Waals surface area (Å²) in [6, 6.07) is 0. The largest absolute Gasteiger partial charge is 0.459 e. The standard InChI is InChI=1S/C14H18N4/c1-17-7-11-12(14(8-17)4-3-5-14)13-10(18(11)2)6-15-9-16-13/h6,9,17-18H,1-5,7-8H2. The first-order chi connectivity index (χ1) is 8.71. The van der Waals surface area contributed by atoms with Gasteiger partial charge < -0.3 is 9.80 Å². The molecule has 1 aliphatic carbocycles. The molecule has 0 bridgehead atoms. The van der Waals surface area contributed by atoms with Gasteiger partial charge in [-0.15, -0.1) is 7.05 Å². The zero-order valence-corrected chi connectivity index (χ0v) is 10.5. The van der Waals surface area contributed by atoms with Crippen molar-refractivity contribution in [2.75, 3.05) is 13.1 Å². The molecular formula is C14H18N4. The summed E-state index contributed by atoms with van der Waals surface area (Å²) in [6.45, 7) is 2.12. The van der Waals surface area contributed by atoms with Crippen molar-refractivity contribution in [3.05, 3.63) is 38.0 Å². The Kier molecular flexibility index (Phi) is 2.01. The highest BCUT2D eigenvalue weighted by Crippen LogP contribution is 2.53. The fourth-order valence-corrected chi connectivity index (χ4v) is 3.88. The Bertz CT molecular complexity index is 544. The van der Waals surface area contributed by atoms with Gasteiger partial charge in [0.2, 0.25) is 0 Å². The Labute approximate surface area is 107 Å². The van der Waals surface area contributed by atoms with E-state index in [2.05, 4.69) is 24.1 Å². The van der Waals surface area contributed by atoms with Crippen LogP contribution in [0.5, 0.6) is 0 Å². The molecule has 2 atom stereocenters. The Morgan fingerprint density at radius 1 is 1.28 bits per heavy atom.